The van der Waals surface area contributed by atoms with Gasteiger partial charge in [0, 0.05) is 12.0 Å². The van der Waals surface area contributed by atoms with E-state index in [-0.39, 0.29) is 23.8 Å². The highest BCUT2D eigenvalue weighted by atomic mass is 16.4. The molecule has 0 aromatic carbocycles. The lowest BCUT2D eigenvalue weighted by Gasteiger charge is -2.19. The zero-order valence-electron chi connectivity index (χ0n) is 11.6. The number of carbonyl (C=O) groups is 2. The predicted molar refractivity (Wildman–Crippen MR) is 70.1 cm³/mol. The van der Waals surface area contributed by atoms with Gasteiger partial charge < -0.3 is 10.4 Å². The lowest BCUT2D eigenvalue weighted by atomic mass is 9.99. The van der Waals surface area contributed by atoms with E-state index in [1.807, 2.05) is 6.92 Å². The van der Waals surface area contributed by atoms with Gasteiger partial charge in [-0.2, -0.15) is 0 Å². The van der Waals surface area contributed by atoms with E-state index in [4.69, 9.17) is 5.11 Å². The van der Waals surface area contributed by atoms with Crippen LogP contribution in [0.1, 0.15) is 52.9 Å². The van der Waals surface area contributed by atoms with E-state index < -0.39 is 5.97 Å². The number of carboxylic acids is 1. The van der Waals surface area contributed by atoms with Gasteiger partial charge in [0.25, 0.3) is 0 Å². The van der Waals surface area contributed by atoms with Crippen molar-refractivity contribution in [1.29, 1.82) is 0 Å². The molecule has 2 unspecified atom stereocenters. The summed E-state index contributed by atoms with van der Waals surface area (Å²) in [7, 11) is 0. The van der Waals surface area contributed by atoms with Crippen LogP contribution in [0, 0.1) is 17.8 Å². The van der Waals surface area contributed by atoms with Gasteiger partial charge >= 0.3 is 5.97 Å². The molecule has 4 heteroatoms. The normalized spacial score (nSPS) is 26.6. The van der Waals surface area contributed by atoms with Crippen LogP contribution in [-0.4, -0.2) is 23.0 Å². The molecule has 1 saturated carbocycles. The number of hydrogen-bond acceptors (Lipinski definition) is 2. The largest absolute Gasteiger partial charge is 0.481 e. The van der Waals surface area contributed by atoms with E-state index in [0.29, 0.717) is 25.2 Å². The Kier molecular flexibility index (Phi) is 5.63. The predicted octanol–water partition coefficient (Wildman–Crippen LogP) is 2.43. The maximum absolute atomic E-state index is 12.0. The van der Waals surface area contributed by atoms with Crippen molar-refractivity contribution in [2.75, 3.05) is 0 Å². The van der Waals surface area contributed by atoms with E-state index >= 15 is 0 Å². The Hall–Kier alpha value is -1.06. The highest BCUT2D eigenvalue weighted by Gasteiger charge is 2.34. The minimum absolute atomic E-state index is 0.0366. The van der Waals surface area contributed by atoms with Crippen molar-refractivity contribution in [1.82, 2.24) is 5.32 Å². The van der Waals surface area contributed by atoms with Gasteiger partial charge in [0.1, 0.15) is 0 Å². The number of amides is 1. The Morgan fingerprint density at radius 1 is 1.28 bits per heavy atom. The molecule has 1 rings (SSSR count). The lowest BCUT2D eigenvalue weighted by molar-refractivity contribution is -0.141. The van der Waals surface area contributed by atoms with Crippen molar-refractivity contribution < 1.29 is 14.7 Å². The molecule has 0 heterocycles. The summed E-state index contributed by atoms with van der Waals surface area (Å²) < 4.78 is 0. The summed E-state index contributed by atoms with van der Waals surface area (Å²) in [5, 5.41) is 11.9. The number of hydrogen-bond donors (Lipinski definition) is 2. The fourth-order valence-electron chi connectivity index (χ4n) is 2.63. The number of carboxylic acid groups (broad SMARTS) is 1. The monoisotopic (exact) mass is 255 g/mol. The van der Waals surface area contributed by atoms with Crippen molar-refractivity contribution in [3.63, 3.8) is 0 Å². The molecule has 0 aliphatic heterocycles. The minimum atomic E-state index is -0.766. The van der Waals surface area contributed by atoms with Crippen LogP contribution in [0.4, 0.5) is 0 Å². The smallest absolute Gasteiger partial charge is 0.306 e. The molecule has 0 bridgehead atoms. The molecule has 4 nitrogen and oxygen atoms in total. The standard InChI is InChI=1S/C14H25NO3/c1-4-9(2)7-10(3)15-13(16)11-5-6-12(8-11)14(17)18/h9-12H,4-8H2,1-3H3,(H,15,16)(H,17,18)/t9?,10?,11-,12+/m1/s1. The van der Waals surface area contributed by atoms with Crippen molar-refractivity contribution in [2.24, 2.45) is 17.8 Å². The zero-order chi connectivity index (χ0) is 13.7. The molecule has 0 saturated heterocycles. The molecule has 4 atom stereocenters. The first-order chi connectivity index (χ1) is 8.43. The van der Waals surface area contributed by atoms with Gasteiger partial charge in [-0.25, -0.2) is 0 Å². The Labute approximate surface area is 109 Å². The van der Waals surface area contributed by atoms with Crippen LogP contribution in [0.5, 0.6) is 0 Å². The number of aliphatic carboxylic acids is 1. The average Bonchev–Trinajstić information content (AvgIpc) is 2.77. The second-order valence-corrected chi connectivity index (χ2v) is 5.70. The SMILES string of the molecule is CCC(C)CC(C)NC(=O)[C@@H]1CC[C@H](C(=O)O)C1. The third-order valence-electron chi connectivity index (χ3n) is 3.99. The summed E-state index contributed by atoms with van der Waals surface area (Å²) in [6.07, 6.45) is 3.94. The van der Waals surface area contributed by atoms with Crippen molar-refractivity contribution in [3.05, 3.63) is 0 Å². The third kappa shape index (κ3) is 4.31. The molecule has 0 aromatic rings. The van der Waals surface area contributed by atoms with Gasteiger partial charge in [0.15, 0.2) is 0 Å². The Bertz CT molecular complexity index is 303. The third-order valence-corrected chi connectivity index (χ3v) is 3.99. The fourth-order valence-corrected chi connectivity index (χ4v) is 2.63. The topological polar surface area (TPSA) is 66.4 Å². The molecule has 1 aliphatic carbocycles. The second kappa shape index (κ2) is 6.76. The average molecular weight is 255 g/mol. The number of rotatable bonds is 6. The molecule has 1 aliphatic rings. The summed E-state index contributed by atoms with van der Waals surface area (Å²) >= 11 is 0. The van der Waals surface area contributed by atoms with E-state index in [0.717, 1.165) is 12.8 Å². The first-order valence-electron chi connectivity index (χ1n) is 6.97. The van der Waals surface area contributed by atoms with E-state index in [9.17, 15) is 9.59 Å². The Morgan fingerprint density at radius 3 is 2.39 bits per heavy atom. The van der Waals surface area contributed by atoms with Crippen molar-refractivity contribution in [3.8, 4) is 0 Å². The van der Waals surface area contributed by atoms with Gasteiger partial charge in [-0.05, 0) is 38.5 Å². The first-order valence-corrected chi connectivity index (χ1v) is 6.97. The van der Waals surface area contributed by atoms with Crippen LogP contribution in [0.3, 0.4) is 0 Å². The molecule has 0 radical (unpaired) electrons. The molecule has 1 fully saturated rings. The Morgan fingerprint density at radius 2 is 1.89 bits per heavy atom. The summed E-state index contributed by atoms with van der Waals surface area (Å²) in [6, 6.07) is 0.177. The highest BCUT2D eigenvalue weighted by Crippen LogP contribution is 2.31. The van der Waals surface area contributed by atoms with Crippen LogP contribution < -0.4 is 5.32 Å². The summed E-state index contributed by atoms with van der Waals surface area (Å²) in [4.78, 5) is 22.8. The summed E-state index contributed by atoms with van der Waals surface area (Å²) in [6.45, 7) is 6.35. The van der Waals surface area contributed by atoms with Gasteiger partial charge in [-0.15, -0.1) is 0 Å². The first kappa shape index (κ1) is 15.0. The van der Waals surface area contributed by atoms with Crippen LogP contribution in [0.15, 0.2) is 0 Å². The summed E-state index contributed by atoms with van der Waals surface area (Å²) in [5.41, 5.74) is 0. The minimum Gasteiger partial charge on any atom is -0.481 e. The van der Waals surface area contributed by atoms with Gasteiger partial charge in [0.05, 0.1) is 5.92 Å². The molecule has 0 spiro atoms. The highest BCUT2D eigenvalue weighted by molar-refractivity contribution is 5.81. The number of carbonyl (C=O) groups excluding carboxylic acids is 1. The molecular formula is C14H25NO3. The number of nitrogens with one attached hydrogen (secondary N) is 1. The van der Waals surface area contributed by atoms with Crippen LogP contribution >= 0.6 is 0 Å². The van der Waals surface area contributed by atoms with Crippen molar-refractivity contribution >= 4 is 11.9 Å². The summed E-state index contributed by atoms with van der Waals surface area (Å²) in [5.74, 6) is -0.556. The molecule has 1 amide bonds. The van der Waals surface area contributed by atoms with Crippen LogP contribution in [-0.2, 0) is 9.59 Å². The van der Waals surface area contributed by atoms with Crippen LogP contribution in [0.25, 0.3) is 0 Å². The maximum Gasteiger partial charge on any atom is 0.306 e. The molecule has 18 heavy (non-hydrogen) atoms. The molecule has 0 aromatic heterocycles. The fraction of sp³-hybridized carbons (Fsp3) is 0.857. The zero-order valence-corrected chi connectivity index (χ0v) is 11.6. The van der Waals surface area contributed by atoms with Gasteiger partial charge in [-0.1, -0.05) is 20.3 Å². The van der Waals surface area contributed by atoms with Gasteiger partial charge in [0.2, 0.25) is 5.91 Å². The van der Waals surface area contributed by atoms with E-state index in [1.54, 1.807) is 0 Å². The van der Waals surface area contributed by atoms with Crippen LogP contribution in [0.2, 0.25) is 0 Å². The van der Waals surface area contributed by atoms with E-state index in [1.165, 1.54) is 0 Å². The molecular weight excluding hydrogens is 230 g/mol. The van der Waals surface area contributed by atoms with E-state index in [2.05, 4.69) is 19.2 Å². The molecule has 104 valence electrons. The van der Waals surface area contributed by atoms with Crippen molar-refractivity contribution in [2.45, 2.75) is 58.9 Å². The second-order valence-electron chi connectivity index (χ2n) is 5.70. The van der Waals surface area contributed by atoms with Gasteiger partial charge in [-0.3, -0.25) is 9.59 Å². The molecule has 2 N–H and O–H groups in total. The maximum atomic E-state index is 12.0. The quantitative estimate of drug-likeness (QED) is 0.766. The Balaban J connectivity index is 2.35. The lowest BCUT2D eigenvalue weighted by Crippen LogP contribution is -2.37.